The fourth-order valence-electron chi connectivity index (χ4n) is 1.85. The Kier molecular flexibility index (Phi) is 5.33. The van der Waals surface area contributed by atoms with Gasteiger partial charge in [-0.3, -0.25) is 4.79 Å². The summed E-state index contributed by atoms with van der Waals surface area (Å²) >= 11 is 14.4. The van der Waals surface area contributed by atoms with Crippen molar-refractivity contribution in [1.82, 2.24) is 5.32 Å². The van der Waals surface area contributed by atoms with E-state index in [2.05, 4.69) is 21.2 Å². The standard InChI is InChI=1S/C15H12BrClN2OS/c16-10-6-7-11(12(17)8-10)15(20)19-13(14(18)21)9-4-2-1-3-5-9/h1-8,13H,(H2,18,21)(H,19,20). The Morgan fingerprint density at radius 2 is 1.90 bits per heavy atom. The molecule has 2 aromatic rings. The van der Waals surface area contributed by atoms with Crippen molar-refractivity contribution in [2.45, 2.75) is 6.04 Å². The topological polar surface area (TPSA) is 55.1 Å². The van der Waals surface area contributed by atoms with Crippen molar-refractivity contribution in [2.24, 2.45) is 5.73 Å². The van der Waals surface area contributed by atoms with Gasteiger partial charge in [0.2, 0.25) is 0 Å². The Morgan fingerprint density at radius 1 is 1.24 bits per heavy atom. The summed E-state index contributed by atoms with van der Waals surface area (Å²) in [5.74, 6) is -0.325. The molecule has 0 aliphatic heterocycles. The summed E-state index contributed by atoms with van der Waals surface area (Å²) in [6.07, 6.45) is 0. The Hall–Kier alpha value is -1.43. The molecule has 1 unspecified atom stereocenters. The Bertz CT molecular complexity index is 679. The summed E-state index contributed by atoms with van der Waals surface area (Å²) in [5.41, 5.74) is 6.93. The Balaban J connectivity index is 2.25. The minimum atomic E-state index is -0.534. The van der Waals surface area contributed by atoms with Crippen molar-refractivity contribution in [2.75, 3.05) is 0 Å². The quantitative estimate of drug-likeness (QED) is 0.788. The van der Waals surface area contributed by atoms with Crippen molar-refractivity contribution >= 4 is 50.6 Å². The molecule has 0 fully saturated rings. The second kappa shape index (κ2) is 7.02. The average molecular weight is 384 g/mol. The van der Waals surface area contributed by atoms with Crippen LogP contribution in [0.25, 0.3) is 0 Å². The first-order valence-electron chi connectivity index (χ1n) is 6.09. The molecule has 0 spiro atoms. The molecule has 0 heterocycles. The van der Waals surface area contributed by atoms with Crippen LogP contribution in [0.4, 0.5) is 0 Å². The van der Waals surface area contributed by atoms with Gasteiger partial charge in [-0.2, -0.15) is 0 Å². The predicted molar refractivity (Wildman–Crippen MR) is 92.6 cm³/mol. The molecule has 108 valence electrons. The number of nitrogens with two attached hydrogens (primary N) is 1. The predicted octanol–water partition coefficient (Wildman–Crippen LogP) is 3.86. The molecule has 21 heavy (non-hydrogen) atoms. The zero-order valence-electron chi connectivity index (χ0n) is 10.8. The summed E-state index contributed by atoms with van der Waals surface area (Å²) in [5, 5.41) is 3.16. The second-order valence-electron chi connectivity index (χ2n) is 4.34. The van der Waals surface area contributed by atoms with Crippen LogP contribution in [0.5, 0.6) is 0 Å². The van der Waals surface area contributed by atoms with Crippen LogP contribution in [0.1, 0.15) is 22.0 Å². The molecule has 0 saturated heterocycles. The van der Waals surface area contributed by atoms with Gasteiger partial charge in [-0.15, -0.1) is 0 Å². The van der Waals surface area contributed by atoms with Gasteiger partial charge in [0.25, 0.3) is 5.91 Å². The van der Waals surface area contributed by atoms with Crippen molar-refractivity contribution in [1.29, 1.82) is 0 Å². The third-order valence-electron chi connectivity index (χ3n) is 2.87. The van der Waals surface area contributed by atoms with Gasteiger partial charge in [0.15, 0.2) is 0 Å². The number of halogens is 2. The van der Waals surface area contributed by atoms with E-state index in [1.807, 2.05) is 30.3 Å². The van der Waals surface area contributed by atoms with Gasteiger partial charge in [-0.05, 0) is 23.8 Å². The molecule has 0 bridgehead atoms. The third-order valence-corrected chi connectivity index (χ3v) is 3.91. The van der Waals surface area contributed by atoms with E-state index in [9.17, 15) is 4.79 Å². The molecule has 6 heteroatoms. The number of rotatable bonds is 4. The van der Waals surface area contributed by atoms with Crippen LogP contribution >= 0.6 is 39.7 Å². The summed E-state index contributed by atoms with van der Waals surface area (Å²) < 4.78 is 0.804. The smallest absolute Gasteiger partial charge is 0.253 e. The molecular formula is C15H12BrClN2OS. The van der Waals surface area contributed by atoms with E-state index in [1.165, 1.54) is 0 Å². The highest BCUT2D eigenvalue weighted by atomic mass is 79.9. The number of nitrogens with one attached hydrogen (secondary N) is 1. The molecule has 3 N–H and O–H groups in total. The van der Waals surface area contributed by atoms with Crippen molar-refractivity contribution in [3.05, 3.63) is 69.2 Å². The number of carbonyl (C=O) groups excluding carboxylic acids is 1. The molecular weight excluding hydrogens is 372 g/mol. The SMILES string of the molecule is NC(=S)C(NC(=O)c1ccc(Br)cc1Cl)c1ccccc1. The van der Waals surface area contributed by atoms with E-state index >= 15 is 0 Å². The van der Waals surface area contributed by atoms with Gasteiger partial charge in [0.1, 0.15) is 11.0 Å². The number of hydrogen-bond acceptors (Lipinski definition) is 2. The first-order valence-corrected chi connectivity index (χ1v) is 7.67. The van der Waals surface area contributed by atoms with Crippen molar-refractivity contribution < 1.29 is 4.79 Å². The summed E-state index contributed by atoms with van der Waals surface area (Å²) in [6, 6.07) is 13.8. The van der Waals surface area contributed by atoms with Gasteiger partial charge in [-0.25, -0.2) is 0 Å². The highest BCUT2D eigenvalue weighted by Gasteiger charge is 2.19. The number of carbonyl (C=O) groups is 1. The largest absolute Gasteiger partial charge is 0.391 e. The van der Waals surface area contributed by atoms with Gasteiger partial charge >= 0.3 is 0 Å². The van der Waals surface area contributed by atoms with Gasteiger partial charge < -0.3 is 11.1 Å². The summed E-state index contributed by atoms with van der Waals surface area (Å²) in [7, 11) is 0. The molecule has 0 radical (unpaired) electrons. The maximum absolute atomic E-state index is 12.3. The molecule has 1 atom stereocenters. The average Bonchev–Trinajstić information content (AvgIpc) is 2.45. The second-order valence-corrected chi connectivity index (χ2v) is 6.14. The minimum absolute atomic E-state index is 0.197. The first-order chi connectivity index (χ1) is 9.99. The van der Waals surface area contributed by atoms with E-state index in [1.54, 1.807) is 18.2 Å². The van der Waals surface area contributed by atoms with Crippen molar-refractivity contribution in [3.8, 4) is 0 Å². The third kappa shape index (κ3) is 4.03. The number of benzene rings is 2. The van der Waals surface area contributed by atoms with Crippen molar-refractivity contribution in [3.63, 3.8) is 0 Å². The normalized spacial score (nSPS) is 11.7. The van der Waals surface area contributed by atoms with E-state index in [0.29, 0.717) is 10.6 Å². The van der Waals surface area contributed by atoms with E-state index in [4.69, 9.17) is 29.6 Å². The monoisotopic (exact) mass is 382 g/mol. The molecule has 3 nitrogen and oxygen atoms in total. The maximum Gasteiger partial charge on any atom is 0.253 e. The molecule has 0 aliphatic carbocycles. The van der Waals surface area contributed by atoms with E-state index < -0.39 is 6.04 Å². The molecule has 0 saturated carbocycles. The van der Waals surface area contributed by atoms with Crippen LogP contribution in [0.15, 0.2) is 53.0 Å². The Labute approximate surface area is 141 Å². The van der Waals surface area contributed by atoms with Crippen LogP contribution < -0.4 is 11.1 Å². The lowest BCUT2D eigenvalue weighted by Gasteiger charge is -2.18. The summed E-state index contributed by atoms with van der Waals surface area (Å²) in [6.45, 7) is 0. The highest BCUT2D eigenvalue weighted by molar-refractivity contribution is 9.10. The van der Waals surface area contributed by atoms with Crippen LogP contribution in [0.2, 0.25) is 5.02 Å². The molecule has 1 amide bonds. The zero-order valence-corrected chi connectivity index (χ0v) is 14.0. The van der Waals surface area contributed by atoms with Crippen LogP contribution in [0, 0.1) is 0 Å². The molecule has 2 rings (SSSR count). The first kappa shape index (κ1) is 15.9. The fourth-order valence-corrected chi connectivity index (χ4v) is 2.80. The lowest BCUT2D eigenvalue weighted by Crippen LogP contribution is -2.36. The van der Waals surface area contributed by atoms with E-state index in [-0.39, 0.29) is 10.9 Å². The van der Waals surface area contributed by atoms with Crippen LogP contribution in [0.3, 0.4) is 0 Å². The van der Waals surface area contributed by atoms with E-state index in [0.717, 1.165) is 10.0 Å². The van der Waals surface area contributed by atoms with Gasteiger partial charge in [-0.1, -0.05) is 70.1 Å². The fraction of sp³-hybridized carbons (Fsp3) is 0.0667. The number of amides is 1. The maximum atomic E-state index is 12.3. The van der Waals surface area contributed by atoms with Crippen LogP contribution in [-0.4, -0.2) is 10.9 Å². The molecule has 0 aliphatic rings. The molecule has 2 aromatic carbocycles. The zero-order chi connectivity index (χ0) is 15.4. The van der Waals surface area contributed by atoms with Gasteiger partial charge in [0, 0.05) is 4.47 Å². The lowest BCUT2D eigenvalue weighted by molar-refractivity contribution is 0.0947. The van der Waals surface area contributed by atoms with Gasteiger partial charge in [0.05, 0.1) is 10.6 Å². The number of thiocarbonyl (C=S) groups is 1. The summed E-state index contributed by atoms with van der Waals surface area (Å²) in [4.78, 5) is 12.5. The Morgan fingerprint density at radius 3 is 2.48 bits per heavy atom. The number of hydrogen-bond donors (Lipinski definition) is 2. The molecule has 0 aromatic heterocycles. The highest BCUT2D eigenvalue weighted by Crippen LogP contribution is 2.22. The van der Waals surface area contributed by atoms with Crippen LogP contribution in [-0.2, 0) is 0 Å². The minimum Gasteiger partial charge on any atom is -0.391 e. The lowest BCUT2D eigenvalue weighted by atomic mass is 10.1.